The van der Waals surface area contributed by atoms with Crippen molar-refractivity contribution in [3.63, 3.8) is 0 Å². The van der Waals surface area contributed by atoms with E-state index in [1.807, 2.05) is 0 Å². The van der Waals surface area contributed by atoms with Gasteiger partial charge in [-0.15, -0.1) is 0 Å². The van der Waals surface area contributed by atoms with E-state index in [0.717, 1.165) is 25.4 Å². The van der Waals surface area contributed by atoms with Crippen LogP contribution in [0.4, 0.5) is 14.5 Å². The van der Waals surface area contributed by atoms with Crippen LogP contribution in [0.2, 0.25) is 0 Å². The second kappa shape index (κ2) is 6.68. The Hall–Kier alpha value is -3.29. The molecule has 1 heterocycles. The van der Waals surface area contributed by atoms with E-state index in [1.54, 1.807) is 24.3 Å². The number of ether oxygens (including phenoxy) is 1. The molecule has 0 aliphatic carbocycles. The number of carbonyl (C=O) groups is 1. The highest BCUT2D eigenvalue weighted by Gasteiger charge is 2.14. The van der Waals surface area contributed by atoms with Crippen molar-refractivity contribution in [3.05, 3.63) is 64.5 Å². The number of benzene rings is 2. The predicted molar refractivity (Wildman–Crippen MR) is 87.5 cm³/mol. The molecule has 1 aromatic heterocycles. The molecule has 0 saturated heterocycles. The number of anilines is 1. The molecule has 25 heavy (non-hydrogen) atoms. The third-order valence-electron chi connectivity index (χ3n) is 3.54. The Morgan fingerprint density at radius 3 is 2.60 bits per heavy atom. The number of methoxy groups -OCH3 is 1. The van der Waals surface area contributed by atoms with E-state index in [0.29, 0.717) is 10.9 Å². The average Bonchev–Trinajstić information content (AvgIpc) is 2.57. The Morgan fingerprint density at radius 2 is 1.92 bits per heavy atom. The molecular formula is C17H13F2N3O3. The summed E-state index contributed by atoms with van der Waals surface area (Å²) in [7, 11) is 1.15. The summed E-state index contributed by atoms with van der Waals surface area (Å²) in [6, 6.07) is 8.61. The fourth-order valence-corrected chi connectivity index (χ4v) is 2.45. The van der Waals surface area contributed by atoms with E-state index in [4.69, 9.17) is 0 Å². The molecule has 2 aromatic carbocycles. The summed E-state index contributed by atoms with van der Waals surface area (Å²) in [6.45, 7) is -0.226. The zero-order chi connectivity index (χ0) is 18.0. The van der Waals surface area contributed by atoms with Gasteiger partial charge >= 0.3 is 0 Å². The number of rotatable bonds is 4. The first-order valence-electron chi connectivity index (χ1n) is 7.27. The Labute approximate surface area is 140 Å². The summed E-state index contributed by atoms with van der Waals surface area (Å²) in [4.78, 5) is 23.9. The van der Waals surface area contributed by atoms with Gasteiger partial charge in [-0.05, 0) is 12.1 Å². The highest BCUT2D eigenvalue weighted by molar-refractivity contribution is 5.91. The minimum Gasteiger partial charge on any atom is -0.491 e. The zero-order valence-corrected chi connectivity index (χ0v) is 13.1. The first-order valence-corrected chi connectivity index (χ1v) is 7.27. The molecule has 0 unspecified atom stereocenters. The average molecular weight is 345 g/mol. The normalized spacial score (nSPS) is 10.7. The van der Waals surface area contributed by atoms with Gasteiger partial charge in [0.2, 0.25) is 11.3 Å². The van der Waals surface area contributed by atoms with E-state index in [1.165, 1.54) is 4.68 Å². The number of nitrogens with zero attached hydrogens (tertiary/aromatic N) is 2. The van der Waals surface area contributed by atoms with Crippen molar-refractivity contribution in [2.24, 2.45) is 0 Å². The summed E-state index contributed by atoms with van der Waals surface area (Å²) in [6.07, 6.45) is 1.11. The maximum Gasteiger partial charge on any atom is 0.246 e. The molecule has 8 heteroatoms. The van der Waals surface area contributed by atoms with E-state index in [9.17, 15) is 18.4 Å². The van der Waals surface area contributed by atoms with E-state index < -0.39 is 23.3 Å². The highest BCUT2D eigenvalue weighted by atomic mass is 19.1. The number of carbonyl (C=O) groups excluding carboxylic acids is 1. The molecule has 0 bridgehead atoms. The topological polar surface area (TPSA) is 73.2 Å². The molecule has 0 radical (unpaired) electrons. The number of fused-ring (bicyclic) bond motifs is 1. The maximum absolute atomic E-state index is 13.7. The fourth-order valence-electron chi connectivity index (χ4n) is 2.45. The number of nitrogens with one attached hydrogen (secondary N) is 1. The van der Waals surface area contributed by atoms with Crippen LogP contribution in [0.1, 0.15) is 0 Å². The number of halogens is 2. The van der Waals surface area contributed by atoms with Gasteiger partial charge < -0.3 is 10.1 Å². The lowest BCUT2D eigenvalue weighted by Crippen LogP contribution is -2.22. The number of para-hydroxylation sites is 1. The van der Waals surface area contributed by atoms with Crippen molar-refractivity contribution in [2.45, 2.75) is 6.54 Å². The second-order valence-corrected chi connectivity index (χ2v) is 5.20. The smallest absolute Gasteiger partial charge is 0.246 e. The summed E-state index contributed by atoms with van der Waals surface area (Å²) >= 11 is 0. The van der Waals surface area contributed by atoms with Crippen LogP contribution in [0.15, 0.2) is 47.4 Å². The third-order valence-corrected chi connectivity index (χ3v) is 3.54. The second-order valence-electron chi connectivity index (χ2n) is 5.20. The minimum atomic E-state index is -0.926. The standard InChI is InChI=1S/C17H13F2N3O3/c1-25-17-12(18)6-10(7-13(17)19)21-16(24)9-22-14-5-3-2-4-11(14)15(23)8-20-22/h2-8H,9H2,1H3,(H,21,24). The quantitative estimate of drug-likeness (QED) is 0.788. The number of hydrogen-bond acceptors (Lipinski definition) is 4. The van der Waals surface area contributed by atoms with E-state index in [2.05, 4.69) is 15.2 Å². The van der Waals surface area contributed by atoms with Gasteiger partial charge in [0.05, 0.1) is 18.8 Å². The molecule has 1 amide bonds. The predicted octanol–water partition coefficient (Wildman–Crippen LogP) is 2.32. The van der Waals surface area contributed by atoms with Crippen molar-refractivity contribution < 1.29 is 18.3 Å². The molecule has 0 atom stereocenters. The van der Waals surface area contributed by atoms with Crippen LogP contribution in [-0.4, -0.2) is 22.8 Å². The maximum atomic E-state index is 13.7. The lowest BCUT2D eigenvalue weighted by Gasteiger charge is -2.11. The molecule has 0 saturated carbocycles. The number of amides is 1. The molecule has 1 N–H and O–H groups in total. The van der Waals surface area contributed by atoms with Gasteiger partial charge in [0, 0.05) is 23.2 Å². The first-order chi connectivity index (χ1) is 12.0. The highest BCUT2D eigenvalue weighted by Crippen LogP contribution is 2.25. The monoisotopic (exact) mass is 345 g/mol. The largest absolute Gasteiger partial charge is 0.491 e. The number of hydrogen-bond donors (Lipinski definition) is 1. The van der Waals surface area contributed by atoms with Crippen LogP contribution < -0.4 is 15.5 Å². The molecule has 128 valence electrons. The molecule has 0 fully saturated rings. The van der Waals surface area contributed by atoms with Gasteiger partial charge in [0.15, 0.2) is 17.4 Å². The lowest BCUT2D eigenvalue weighted by molar-refractivity contribution is -0.116. The fraction of sp³-hybridized carbons (Fsp3) is 0.118. The van der Waals surface area contributed by atoms with E-state index in [-0.39, 0.29) is 17.7 Å². The van der Waals surface area contributed by atoms with Gasteiger partial charge in [-0.3, -0.25) is 14.3 Å². The molecule has 0 aliphatic rings. The van der Waals surface area contributed by atoms with Crippen molar-refractivity contribution in [2.75, 3.05) is 12.4 Å². The van der Waals surface area contributed by atoms with Crippen molar-refractivity contribution in [3.8, 4) is 5.75 Å². The number of aromatic nitrogens is 2. The molecule has 0 aliphatic heterocycles. The summed E-state index contributed by atoms with van der Waals surface area (Å²) < 4.78 is 33.3. The van der Waals surface area contributed by atoms with Gasteiger partial charge in [0.1, 0.15) is 6.54 Å². The van der Waals surface area contributed by atoms with Crippen LogP contribution in [0, 0.1) is 11.6 Å². The van der Waals surface area contributed by atoms with Crippen molar-refractivity contribution in [1.29, 1.82) is 0 Å². The van der Waals surface area contributed by atoms with Crippen LogP contribution in [0.3, 0.4) is 0 Å². The van der Waals surface area contributed by atoms with Crippen LogP contribution in [0.25, 0.3) is 10.9 Å². The molecule has 3 aromatic rings. The Bertz CT molecular complexity index is 994. The van der Waals surface area contributed by atoms with Gasteiger partial charge in [-0.2, -0.15) is 5.10 Å². The molecule has 0 spiro atoms. The first kappa shape index (κ1) is 16.6. The lowest BCUT2D eigenvalue weighted by atomic mass is 10.2. The summed E-state index contributed by atoms with van der Waals surface area (Å²) in [5, 5.41) is 6.74. The molecular weight excluding hydrogens is 332 g/mol. The molecule has 3 rings (SSSR count). The summed E-state index contributed by atoms with van der Waals surface area (Å²) in [5.41, 5.74) is 0.176. The molecule has 6 nitrogen and oxygen atoms in total. The van der Waals surface area contributed by atoms with Crippen molar-refractivity contribution in [1.82, 2.24) is 9.78 Å². The Morgan fingerprint density at radius 1 is 1.24 bits per heavy atom. The SMILES string of the molecule is COc1c(F)cc(NC(=O)Cn2ncc(=O)c3ccccc32)cc1F. The van der Waals surface area contributed by atoms with Gasteiger partial charge in [-0.1, -0.05) is 12.1 Å². The van der Waals surface area contributed by atoms with Crippen LogP contribution in [-0.2, 0) is 11.3 Å². The van der Waals surface area contributed by atoms with Gasteiger partial charge in [-0.25, -0.2) is 8.78 Å². The van der Waals surface area contributed by atoms with Crippen LogP contribution >= 0.6 is 0 Å². The Balaban J connectivity index is 1.85. The minimum absolute atomic E-state index is 0.0499. The van der Waals surface area contributed by atoms with Gasteiger partial charge in [0.25, 0.3) is 0 Å². The summed E-state index contributed by atoms with van der Waals surface area (Å²) in [5.74, 6) is -2.93. The third kappa shape index (κ3) is 3.32. The van der Waals surface area contributed by atoms with Crippen molar-refractivity contribution >= 4 is 22.5 Å². The zero-order valence-electron chi connectivity index (χ0n) is 13.1. The van der Waals surface area contributed by atoms with E-state index >= 15 is 0 Å². The Kier molecular flexibility index (Phi) is 4.42. The van der Waals surface area contributed by atoms with Crippen LogP contribution in [0.5, 0.6) is 5.75 Å².